The number of halogens is 1. The maximum absolute atomic E-state index is 13.4. The van der Waals surface area contributed by atoms with Gasteiger partial charge < -0.3 is 14.7 Å². The van der Waals surface area contributed by atoms with Gasteiger partial charge in [-0.15, -0.1) is 0 Å². The van der Waals surface area contributed by atoms with E-state index in [2.05, 4.69) is 0 Å². The van der Waals surface area contributed by atoms with Gasteiger partial charge in [-0.25, -0.2) is 4.39 Å². The maximum atomic E-state index is 13.4. The van der Waals surface area contributed by atoms with Crippen LogP contribution in [0.25, 0.3) is 5.76 Å². The maximum Gasteiger partial charge on any atom is 0.295 e. The molecule has 1 saturated heterocycles. The molecule has 0 aliphatic carbocycles. The van der Waals surface area contributed by atoms with Crippen LogP contribution in [0.15, 0.2) is 84.4 Å². The number of hydrogen-bond donors (Lipinski definition) is 1. The molecule has 0 spiro atoms. The van der Waals surface area contributed by atoms with E-state index in [0.29, 0.717) is 17.9 Å². The normalized spacial score (nSPS) is 17.4. The zero-order chi connectivity index (χ0) is 23.4. The SMILES string of the molecule is CCCOc1ccc(C2/C(=C(\O)c3ccc(F)cc3)C(=O)C(=O)N2Cc2ccccc2)cc1. The monoisotopic (exact) mass is 445 g/mol. The van der Waals surface area contributed by atoms with Gasteiger partial charge in [0.1, 0.15) is 17.3 Å². The number of aliphatic hydroxyl groups excluding tert-OH is 1. The highest BCUT2D eigenvalue weighted by molar-refractivity contribution is 6.46. The zero-order valence-electron chi connectivity index (χ0n) is 18.2. The second kappa shape index (κ2) is 9.69. The van der Waals surface area contributed by atoms with Crippen LogP contribution in [0.4, 0.5) is 4.39 Å². The van der Waals surface area contributed by atoms with E-state index < -0.39 is 23.5 Å². The molecule has 33 heavy (non-hydrogen) atoms. The fraction of sp³-hybridized carbons (Fsp3) is 0.185. The van der Waals surface area contributed by atoms with Gasteiger partial charge in [0.25, 0.3) is 11.7 Å². The molecule has 4 rings (SSSR count). The van der Waals surface area contributed by atoms with Crippen LogP contribution < -0.4 is 4.74 Å². The molecule has 6 heteroatoms. The van der Waals surface area contributed by atoms with Crippen molar-refractivity contribution in [3.63, 3.8) is 0 Å². The molecular formula is C27H24FNO4. The summed E-state index contributed by atoms with van der Waals surface area (Å²) in [5, 5.41) is 11.0. The number of nitrogens with zero attached hydrogens (tertiary/aromatic N) is 1. The van der Waals surface area contributed by atoms with Crippen LogP contribution in [-0.4, -0.2) is 28.3 Å². The summed E-state index contributed by atoms with van der Waals surface area (Å²) in [6.07, 6.45) is 0.872. The van der Waals surface area contributed by atoms with E-state index in [-0.39, 0.29) is 23.4 Å². The smallest absolute Gasteiger partial charge is 0.295 e. The third kappa shape index (κ3) is 4.65. The van der Waals surface area contributed by atoms with Crippen LogP contribution in [0.5, 0.6) is 5.75 Å². The highest BCUT2D eigenvalue weighted by Crippen LogP contribution is 2.40. The first-order valence-corrected chi connectivity index (χ1v) is 10.8. The number of carbonyl (C=O) groups is 2. The summed E-state index contributed by atoms with van der Waals surface area (Å²) >= 11 is 0. The predicted octanol–water partition coefficient (Wildman–Crippen LogP) is 5.24. The summed E-state index contributed by atoms with van der Waals surface area (Å²) in [5.41, 5.74) is 1.76. The van der Waals surface area contributed by atoms with Gasteiger partial charge >= 0.3 is 0 Å². The molecule has 1 fully saturated rings. The topological polar surface area (TPSA) is 66.8 Å². The van der Waals surface area contributed by atoms with Crippen molar-refractivity contribution in [1.82, 2.24) is 4.90 Å². The molecule has 168 valence electrons. The van der Waals surface area contributed by atoms with E-state index in [1.807, 2.05) is 37.3 Å². The molecule has 1 N–H and O–H groups in total. The molecule has 5 nitrogen and oxygen atoms in total. The molecule has 3 aromatic carbocycles. The predicted molar refractivity (Wildman–Crippen MR) is 123 cm³/mol. The van der Waals surface area contributed by atoms with Crippen LogP contribution in [0, 0.1) is 5.82 Å². The molecule has 1 amide bonds. The Morgan fingerprint density at radius 1 is 0.970 bits per heavy atom. The number of amides is 1. The lowest BCUT2D eigenvalue weighted by Crippen LogP contribution is -2.29. The van der Waals surface area contributed by atoms with Gasteiger partial charge in [0.2, 0.25) is 0 Å². The van der Waals surface area contributed by atoms with Crippen molar-refractivity contribution in [2.75, 3.05) is 6.61 Å². The molecule has 1 aliphatic rings. The minimum absolute atomic E-state index is 0.0234. The van der Waals surface area contributed by atoms with Crippen LogP contribution in [0.2, 0.25) is 0 Å². The number of benzene rings is 3. The lowest BCUT2D eigenvalue weighted by Gasteiger charge is -2.25. The molecule has 0 saturated carbocycles. The van der Waals surface area contributed by atoms with Crippen molar-refractivity contribution in [2.24, 2.45) is 0 Å². The van der Waals surface area contributed by atoms with Gasteiger partial charge in [0.05, 0.1) is 18.2 Å². The Kier molecular flexibility index (Phi) is 6.54. The molecular weight excluding hydrogens is 421 g/mol. The van der Waals surface area contributed by atoms with E-state index in [4.69, 9.17) is 4.74 Å². The highest BCUT2D eigenvalue weighted by Gasteiger charge is 2.46. The first-order valence-electron chi connectivity index (χ1n) is 10.8. The van der Waals surface area contributed by atoms with Crippen molar-refractivity contribution in [1.29, 1.82) is 0 Å². The van der Waals surface area contributed by atoms with Gasteiger partial charge in [-0.3, -0.25) is 9.59 Å². The summed E-state index contributed by atoms with van der Waals surface area (Å²) in [7, 11) is 0. The van der Waals surface area contributed by atoms with Crippen molar-refractivity contribution in [3.05, 3.63) is 107 Å². The first-order chi connectivity index (χ1) is 16.0. The summed E-state index contributed by atoms with van der Waals surface area (Å²) in [5.74, 6) is -1.59. The van der Waals surface area contributed by atoms with Crippen LogP contribution in [-0.2, 0) is 16.1 Å². The number of ether oxygens (including phenoxy) is 1. The summed E-state index contributed by atoms with van der Waals surface area (Å²) < 4.78 is 19.0. The second-order valence-electron chi connectivity index (χ2n) is 7.84. The fourth-order valence-corrected chi connectivity index (χ4v) is 3.90. The average Bonchev–Trinajstić information content (AvgIpc) is 3.08. The molecule has 0 aromatic heterocycles. The number of carbonyl (C=O) groups excluding carboxylic acids is 2. The van der Waals surface area contributed by atoms with Crippen molar-refractivity contribution in [2.45, 2.75) is 25.9 Å². The van der Waals surface area contributed by atoms with Crippen molar-refractivity contribution in [3.8, 4) is 5.75 Å². The quantitative estimate of drug-likeness (QED) is 0.307. The number of Topliss-reactive ketones (excluding diaryl/α,β-unsaturated/α-hetero) is 1. The van der Waals surface area contributed by atoms with Crippen molar-refractivity contribution < 1.29 is 23.8 Å². The Hall–Kier alpha value is -3.93. The molecule has 3 aromatic rings. The molecule has 0 bridgehead atoms. The van der Waals surface area contributed by atoms with Gasteiger partial charge in [0.15, 0.2) is 0 Å². The van der Waals surface area contributed by atoms with Crippen LogP contribution >= 0.6 is 0 Å². The zero-order valence-corrected chi connectivity index (χ0v) is 18.2. The summed E-state index contributed by atoms with van der Waals surface area (Å²) in [6.45, 7) is 2.79. The Morgan fingerprint density at radius 3 is 2.27 bits per heavy atom. The minimum atomic E-state index is -0.796. The fourth-order valence-electron chi connectivity index (χ4n) is 3.90. The highest BCUT2D eigenvalue weighted by atomic mass is 19.1. The summed E-state index contributed by atoms with van der Waals surface area (Å²) in [6, 6.07) is 20.9. The van der Waals surface area contributed by atoms with Gasteiger partial charge in [-0.2, -0.15) is 0 Å². The van der Waals surface area contributed by atoms with E-state index >= 15 is 0 Å². The lowest BCUT2D eigenvalue weighted by atomic mass is 9.95. The molecule has 1 atom stereocenters. The lowest BCUT2D eigenvalue weighted by molar-refractivity contribution is -0.140. The van der Waals surface area contributed by atoms with Crippen LogP contribution in [0.3, 0.4) is 0 Å². The standard InChI is InChI=1S/C27H24FNO4/c1-2-16-33-22-14-10-19(11-15-22)24-23(25(30)20-8-12-21(28)13-9-20)26(31)27(32)29(24)17-18-6-4-3-5-7-18/h3-15,24,30H,2,16-17H2,1H3/b25-23+. The Balaban J connectivity index is 1.80. The summed E-state index contributed by atoms with van der Waals surface area (Å²) in [4.78, 5) is 27.6. The number of hydrogen-bond acceptors (Lipinski definition) is 4. The third-order valence-corrected chi connectivity index (χ3v) is 5.52. The molecule has 1 heterocycles. The van der Waals surface area contributed by atoms with E-state index in [1.54, 1.807) is 24.3 Å². The Morgan fingerprint density at radius 2 is 1.64 bits per heavy atom. The van der Waals surface area contributed by atoms with Gasteiger partial charge in [0, 0.05) is 12.1 Å². The van der Waals surface area contributed by atoms with E-state index in [9.17, 15) is 19.1 Å². The molecule has 1 unspecified atom stereocenters. The number of aliphatic hydroxyl groups is 1. The van der Waals surface area contributed by atoms with E-state index in [1.165, 1.54) is 29.2 Å². The first kappa shape index (κ1) is 22.3. The van der Waals surface area contributed by atoms with E-state index in [0.717, 1.165) is 12.0 Å². The number of likely N-dealkylation sites (tertiary alicyclic amines) is 1. The number of rotatable bonds is 7. The largest absolute Gasteiger partial charge is 0.507 e. The molecule has 0 radical (unpaired) electrons. The second-order valence-corrected chi connectivity index (χ2v) is 7.84. The third-order valence-electron chi connectivity index (χ3n) is 5.52. The minimum Gasteiger partial charge on any atom is -0.507 e. The average molecular weight is 445 g/mol. The molecule has 1 aliphatic heterocycles. The Bertz CT molecular complexity index is 1170. The van der Waals surface area contributed by atoms with Gasteiger partial charge in [-0.1, -0.05) is 49.4 Å². The number of ketones is 1. The van der Waals surface area contributed by atoms with Crippen LogP contribution in [0.1, 0.15) is 36.1 Å². The van der Waals surface area contributed by atoms with Gasteiger partial charge in [-0.05, 0) is 53.9 Å². The van der Waals surface area contributed by atoms with Crippen molar-refractivity contribution >= 4 is 17.4 Å². The Labute approximate surface area is 191 Å².